The summed E-state index contributed by atoms with van der Waals surface area (Å²) in [4.78, 5) is 16.7. The minimum absolute atomic E-state index is 0.0517. The van der Waals surface area contributed by atoms with E-state index in [9.17, 15) is 4.79 Å². The molecule has 1 rings (SSSR count). The Labute approximate surface area is 142 Å². The maximum Gasteiger partial charge on any atom is 0.254 e. The molecule has 0 radical (unpaired) electrons. The maximum atomic E-state index is 12.5. The van der Waals surface area contributed by atoms with Crippen molar-refractivity contribution in [1.29, 1.82) is 0 Å². The van der Waals surface area contributed by atoms with Gasteiger partial charge in [0.25, 0.3) is 5.91 Å². The van der Waals surface area contributed by atoms with Gasteiger partial charge >= 0.3 is 0 Å². The summed E-state index contributed by atoms with van der Waals surface area (Å²) >= 11 is 0. The van der Waals surface area contributed by atoms with Crippen LogP contribution in [0.4, 0.5) is 0 Å². The molecule has 1 aliphatic rings. The van der Waals surface area contributed by atoms with Crippen molar-refractivity contribution in [2.45, 2.75) is 54.0 Å². The summed E-state index contributed by atoms with van der Waals surface area (Å²) in [7, 11) is 2.10. The first kappa shape index (κ1) is 21.4. The van der Waals surface area contributed by atoms with Crippen molar-refractivity contribution in [3.05, 3.63) is 35.1 Å². The lowest BCUT2D eigenvalue weighted by molar-refractivity contribution is -0.126. The second kappa shape index (κ2) is 10.3. The molecule has 1 fully saturated rings. The van der Waals surface area contributed by atoms with Crippen LogP contribution in [0.15, 0.2) is 35.1 Å². The average molecular weight is 322 g/mol. The molecular weight excluding hydrogens is 286 g/mol. The third kappa shape index (κ3) is 6.22. The van der Waals surface area contributed by atoms with Crippen molar-refractivity contribution in [2.75, 3.05) is 26.7 Å². The fourth-order valence-electron chi connectivity index (χ4n) is 2.21. The van der Waals surface area contributed by atoms with Crippen LogP contribution in [0.5, 0.6) is 0 Å². The summed E-state index contributed by atoms with van der Waals surface area (Å²) in [5.41, 5.74) is 9.13. The topological polar surface area (TPSA) is 49.6 Å². The van der Waals surface area contributed by atoms with Crippen LogP contribution < -0.4 is 5.73 Å². The first-order valence-corrected chi connectivity index (χ1v) is 8.60. The number of amides is 1. The molecule has 1 aliphatic heterocycles. The summed E-state index contributed by atoms with van der Waals surface area (Å²) in [5.74, 6) is 0.0517. The normalized spacial score (nSPS) is 17.4. The lowest BCUT2D eigenvalue weighted by Crippen LogP contribution is -2.36. The summed E-state index contributed by atoms with van der Waals surface area (Å²) in [6, 6.07) is 0.210. The molecule has 1 amide bonds. The van der Waals surface area contributed by atoms with Gasteiger partial charge in [-0.15, -0.1) is 0 Å². The standard InChI is InChI=1S/C17H29N3O.C2H6/c1-7-19(6)9-8-14(5)20-11-13(4)15(17(20)21)10-16(18)12(2)3;1-2/h10,14H,4,7-9,11,18H2,1-3,5-6H3;1-2H3/b15-10+;. The first-order valence-electron chi connectivity index (χ1n) is 8.60. The highest BCUT2D eigenvalue weighted by Gasteiger charge is 2.32. The third-order valence-corrected chi connectivity index (χ3v) is 4.11. The molecule has 1 atom stereocenters. The number of nitrogens with two attached hydrogens (primary N) is 1. The molecular formula is C19H35N3O. The first-order chi connectivity index (χ1) is 10.8. The fraction of sp³-hybridized carbons (Fsp3) is 0.632. The van der Waals surface area contributed by atoms with Gasteiger partial charge < -0.3 is 15.5 Å². The van der Waals surface area contributed by atoms with Gasteiger partial charge in [0.05, 0.1) is 0 Å². The Balaban J connectivity index is 0.00000232. The highest BCUT2D eigenvalue weighted by atomic mass is 16.2. The van der Waals surface area contributed by atoms with Gasteiger partial charge in [-0.05, 0) is 59.0 Å². The largest absolute Gasteiger partial charge is 0.399 e. The van der Waals surface area contributed by atoms with Crippen molar-refractivity contribution in [3.8, 4) is 0 Å². The molecule has 23 heavy (non-hydrogen) atoms. The summed E-state index contributed by atoms with van der Waals surface area (Å²) in [5, 5.41) is 0. The quantitative estimate of drug-likeness (QED) is 0.764. The number of hydrogen-bond donors (Lipinski definition) is 1. The van der Waals surface area contributed by atoms with E-state index in [2.05, 4.69) is 32.4 Å². The minimum Gasteiger partial charge on any atom is -0.399 e. The lowest BCUT2D eigenvalue weighted by Gasteiger charge is -2.25. The van der Waals surface area contributed by atoms with Crippen molar-refractivity contribution in [3.63, 3.8) is 0 Å². The zero-order chi connectivity index (χ0) is 18.2. The molecule has 4 nitrogen and oxygen atoms in total. The summed E-state index contributed by atoms with van der Waals surface area (Å²) in [6.07, 6.45) is 2.74. The molecule has 132 valence electrons. The summed E-state index contributed by atoms with van der Waals surface area (Å²) in [6.45, 7) is 18.8. The zero-order valence-electron chi connectivity index (χ0n) is 16.1. The average Bonchev–Trinajstić information content (AvgIpc) is 2.82. The number of carbonyl (C=O) groups excluding carboxylic acids is 1. The van der Waals surface area contributed by atoms with Gasteiger partial charge in [-0.3, -0.25) is 4.79 Å². The Kier molecular flexibility index (Phi) is 9.58. The fourth-order valence-corrected chi connectivity index (χ4v) is 2.21. The molecule has 0 bridgehead atoms. The van der Waals surface area contributed by atoms with E-state index in [-0.39, 0.29) is 11.9 Å². The van der Waals surface area contributed by atoms with Crippen LogP contribution in [0, 0.1) is 0 Å². The van der Waals surface area contributed by atoms with Crippen molar-refractivity contribution < 1.29 is 4.79 Å². The van der Waals surface area contributed by atoms with E-state index in [1.807, 2.05) is 32.6 Å². The van der Waals surface area contributed by atoms with Gasteiger partial charge in [0.1, 0.15) is 0 Å². The predicted octanol–water partition coefficient (Wildman–Crippen LogP) is 3.32. The van der Waals surface area contributed by atoms with Gasteiger partial charge in [0, 0.05) is 23.9 Å². The van der Waals surface area contributed by atoms with Crippen LogP contribution >= 0.6 is 0 Å². The Morgan fingerprint density at radius 1 is 1.43 bits per heavy atom. The molecule has 1 saturated heterocycles. The van der Waals surface area contributed by atoms with Crippen LogP contribution in [0.2, 0.25) is 0 Å². The van der Waals surface area contributed by atoms with E-state index in [1.54, 1.807) is 6.08 Å². The Bertz CT molecular complexity index is 473. The molecule has 0 aromatic carbocycles. The van der Waals surface area contributed by atoms with E-state index < -0.39 is 0 Å². The van der Waals surface area contributed by atoms with E-state index in [1.165, 1.54) is 0 Å². The number of nitrogens with zero attached hydrogens (tertiary/aromatic N) is 2. The zero-order valence-corrected chi connectivity index (χ0v) is 16.1. The lowest BCUT2D eigenvalue weighted by atomic mass is 10.1. The highest BCUT2D eigenvalue weighted by molar-refractivity contribution is 6.01. The van der Waals surface area contributed by atoms with Crippen LogP contribution in [-0.4, -0.2) is 48.4 Å². The van der Waals surface area contributed by atoms with Crippen molar-refractivity contribution in [1.82, 2.24) is 9.80 Å². The number of carbonyl (C=O) groups is 1. The molecule has 0 aromatic rings. The molecule has 1 heterocycles. The van der Waals surface area contributed by atoms with Gasteiger partial charge in [0.2, 0.25) is 0 Å². The van der Waals surface area contributed by atoms with Crippen molar-refractivity contribution >= 4 is 5.91 Å². The van der Waals surface area contributed by atoms with Crippen molar-refractivity contribution in [2.24, 2.45) is 5.73 Å². The molecule has 0 aromatic heterocycles. The van der Waals surface area contributed by atoms with Crippen LogP contribution in [0.1, 0.15) is 48.0 Å². The highest BCUT2D eigenvalue weighted by Crippen LogP contribution is 2.26. The second-order valence-corrected chi connectivity index (χ2v) is 6.08. The smallest absolute Gasteiger partial charge is 0.254 e. The molecule has 2 N–H and O–H groups in total. The third-order valence-electron chi connectivity index (χ3n) is 4.11. The molecule has 4 heteroatoms. The second-order valence-electron chi connectivity index (χ2n) is 6.08. The molecule has 0 aliphatic carbocycles. The minimum atomic E-state index is 0.0517. The van der Waals surface area contributed by atoms with Crippen LogP contribution in [0.3, 0.4) is 0 Å². The van der Waals surface area contributed by atoms with E-state index >= 15 is 0 Å². The van der Waals surface area contributed by atoms with Gasteiger partial charge in [-0.1, -0.05) is 32.9 Å². The maximum absolute atomic E-state index is 12.5. The van der Waals surface area contributed by atoms with E-state index in [0.717, 1.165) is 30.7 Å². The Morgan fingerprint density at radius 2 is 2.00 bits per heavy atom. The predicted molar refractivity (Wildman–Crippen MR) is 100 cm³/mol. The van der Waals surface area contributed by atoms with Crippen LogP contribution in [0.25, 0.3) is 0 Å². The van der Waals surface area contributed by atoms with Gasteiger partial charge in [-0.2, -0.15) is 0 Å². The van der Waals surface area contributed by atoms with Gasteiger partial charge in [-0.25, -0.2) is 0 Å². The summed E-state index contributed by atoms with van der Waals surface area (Å²) < 4.78 is 0. The number of allylic oxidation sites excluding steroid dienone is 2. The molecule has 0 spiro atoms. The Hall–Kier alpha value is -1.55. The SMILES string of the molecule is C=C1CN(C(C)CCN(C)CC)C(=O)/C1=C/C(N)=C(C)C.CC. The number of likely N-dealkylation sites (tertiary alicyclic amines) is 1. The van der Waals surface area contributed by atoms with E-state index in [4.69, 9.17) is 5.73 Å². The van der Waals surface area contributed by atoms with Crippen LogP contribution in [-0.2, 0) is 4.79 Å². The van der Waals surface area contributed by atoms with Gasteiger partial charge in [0.15, 0.2) is 0 Å². The molecule has 0 saturated carbocycles. The number of rotatable bonds is 6. The van der Waals surface area contributed by atoms with E-state index in [0.29, 0.717) is 17.8 Å². The molecule has 1 unspecified atom stereocenters. The number of hydrogen-bond acceptors (Lipinski definition) is 3. The monoisotopic (exact) mass is 321 g/mol. The Morgan fingerprint density at radius 3 is 2.48 bits per heavy atom.